The number of phenolic OH excluding ortho intramolecular Hbond substituents is 1. The fourth-order valence-corrected chi connectivity index (χ4v) is 3.70. The largest absolute Gasteiger partial charge is 0.507 e. The molecule has 172 valence electrons. The Morgan fingerprint density at radius 1 is 1.09 bits per heavy atom. The van der Waals surface area contributed by atoms with Crippen molar-refractivity contribution in [3.63, 3.8) is 0 Å². The van der Waals surface area contributed by atoms with Crippen molar-refractivity contribution in [1.29, 1.82) is 0 Å². The zero-order valence-corrected chi connectivity index (χ0v) is 17.2. The summed E-state index contributed by atoms with van der Waals surface area (Å²) in [7, 11) is 0. The van der Waals surface area contributed by atoms with Gasteiger partial charge in [-0.2, -0.15) is 13.2 Å². The van der Waals surface area contributed by atoms with Gasteiger partial charge < -0.3 is 20.0 Å². The number of alkyl halides is 3. The molecule has 10 heteroatoms. The molecule has 0 aliphatic carbocycles. The van der Waals surface area contributed by atoms with Crippen molar-refractivity contribution in [2.24, 2.45) is 0 Å². The molecule has 2 heterocycles. The highest BCUT2D eigenvalue weighted by Crippen LogP contribution is 2.32. The molecule has 1 atom stereocenters. The van der Waals surface area contributed by atoms with Crippen LogP contribution in [-0.2, 0) is 4.79 Å². The number of hydrogen-bond acceptors (Lipinski definition) is 6. The second kappa shape index (κ2) is 8.27. The highest BCUT2D eigenvalue weighted by Gasteiger charge is 2.45. The number of carbonyl (C=O) groups excluding carboxylic acids is 1. The number of aromatic hydroxyl groups is 1. The van der Waals surface area contributed by atoms with Gasteiger partial charge in [-0.1, -0.05) is 18.2 Å². The lowest BCUT2D eigenvalue weighted by Gasteiger charge is -2.36. The van der Waals surface area contributed by atoms with Crippen LogP contribution in [0, 0.1) is 6.92 Å². The Hall–Kier alpha value is -3.40. The van der Waals surface area contributed by atoms with Crippen molar-refractivity contribution in [3.05, 3.63) is 48.0 Å². The van der Waals surface area contributed by atoms with Gasteiger partial charge in [0.25, 0.3) is 5.91 Å². The summed E-state index contributed by atoms with van der Waals surface area (Å²) < 4.78 is 38.1. The first-order valence-electron chi connectivity index (χ1n) is 10.0. The van der Waals surface area contributed by atoms with E-state index in [1.807, 2.05) is 30.0 Å². The van der Waals surface area contributed by atoms with Crippen molar-refractivity contribution < 1.29 is 31.0 Å². The van der Waals surface area contributed by atoms with Gasteiger partial charge in [0.1, 0.15) is 11.6 Å². The van der Waals surface area contributed by atoms with E-state index in [0.717, 1.165) is 15.8 Å². The Bertz CT molecular complexity index is 1170. The summed E-state index contributed by atoms with van der Waals surface area (Å²) in [4.78, 5) is 24.1. The van der Waals surface area contributed by atoms with Gasteiger partial charge in [0.15, 0.2) is 5.82 Å². The molecule has 1 aliphatic rings. The summed E-state index contributed by atoms with van der Waals surface area (Å²) in [5.41, 5.74) is 2.11. The Morgan fingerprint density at radius 2 is 1.78 bits per heavy atom. The van der Waals surface area contributed by atoms with E-state index in [9.17, 15) is 28.2 Å². The molecule has 32 heavy (non-hydrogen) atoms. The van der Waals surface area contributed by atoms with E-state index >= 15 is 0 Å². The zero-order chi connectivity index (χ0) is 23.0. The predicted molar refractivity (Wildman–Crippen MR) is 116 cm³/mol. The van der Waals surface area contributed by atoms with Crippen LogP contribution in [0.2, 0.25) is 0 Å². The molecule has 3 aromatic rings. The Morgan fingerprint density at radius 3 is 2.44 bits per heavy atom. The van der Waals surface area contributed by atoms with E-state index < -0.39 is 18.2 Å². The van der Waals surface area contributed by atoms with Gasteiger partial charge in [0.2, 0.25) is 6.10 Å². The molecule has 1 saturated heterocycles. The molecule has 0 radical (unpaired) electrons. The standard InChI is InChI=1S/C22H21F3N4O3.2H2/c1-13-6-7-14-16(12-13)26-19(15-4-2-3-5-17(15)30)27-20(14)28-8-10-29(11-9-28)21(32)18(31)22(23,24)25;;/h2-7,12,18,30-31H,8-11H2,1H3;2*1H/t18-;;/m0../s1. The lowest BCUT2D eigenvalue weighted by atomic mass is 10.1. The van der Waals surface area contributed by atoms with Crippen LogP contribution in [0.15, 0.2) is 42.5 Å². The van der Waals surface area contributed by atoms with Gasteiger partial charge in [-0.15, -0.1) is 0 Å². The van der Waals surface area contributed by atoms with Crippen LogP contribution in [0.5, 0.6) is 5.75 Å². The first-order valence-corrected chi connectivity index (χ1v) is 10.0. The number of piperazine rings is 1. The highest BCUT2D eigenvalue weighted by molar-refractivity contribution is 5.92. The topological polar surface area (TPSA) is 89.8 Å². The summed E-state index contributed by atoms with van der Waals surface area (Å²) in [6.07, 6.45) is -8.02. The monoisotopic (exact) mass is 450 g/mol. The quantitative estimate of drug-likeness (QED) is 0.636. The van der Waals surface area contributed by atoms with Gasteiger partial charge >= 0.3 is 6.18 Å². The maximum absolute atomic E-state index is 12.7. The first-order chi connectivity index (χ1) is 15.1. The van der Waals surface area contributed by atoms with Crippen molar-refractivity contribution in [1.82, 2.24) is 14.9 Å². The van der Waals surface area contributed by atoms with Crippen LogP contribution in [-0.4, -0.2) is 69.4 Å². The van der Waals surface area contributed by atoms with Crippen molar-refractivity contribution in [2.75, 3.05) is 31.1 Å². The molecule has 0 saturated carbocycles. The summed E-state index contributed by atoms with van der Waals surface area (Å²) in [5.74, 6) is -0.434. The van der Waals surface area contributed by atoms with Crippen LogP contribution in [0.25, 0.3) is 22.3 Å². The van der Waals surface area contributed by atoms with Crippen LogP contribution >= 0.6 is 0 Å². The number of carbonyl (C=O) groups is 1. The Balaban J connectivity index is 0.00000204. The third kappa shape index (κ3) is 4.18. The van der Waals surface area contributed by atoms with Crippen molar-refractivity contribution >= 4 is 22.6 Å². The predicted octanol–water partition coefficient (Wildman–Crippen LogP) is 3.37. The number of aromatic nitrogens is 2. The highest BCUT2D eigenvalue weighted by atomic mass is 19.4. The molecule has 1 fully saturated rings. The summed E-state index contributed by atoms with van der Waals surface area (Å²) in [5, 5.41) is 20.3. The zero-order valence-electron chi connectivity index (χ0n) is 17.2. The number of aliphatic hydroxyl groups excluding tert-OH is 1. The molecule has 0 spiro atoms. The molecular weight excluding hydrogens is 425 g/mol. The molecule has 2 aromatic carbocycles. The minimum absolute atomic E-state index is 0. The molecule has 1 aliphatic heterocycles. The number of fused-ring (bicyclic) bond motifs is 1. The van der Waals surface area contributed by atoms with E-state index in [1.54, 1.807) is 18.2 Å². The average molecular weight is 450 g/mol. The number of para-hydroxylation sites is 1. The SMILES string of the molecule is Cc1ccc2c(N3CCN(C(=O)[C@H](O)C(F)(F)F)CC3)nc(-c3ccccc3O)nc2c1.[HH].[HH]. The van der Waals surface area contributed by atoms with E-state index in [1.165, 1.54) is 6.07 Å². The number of anilines is 1. The number of amides is 1. The van der Waals surface area contributed by atoms with Gasteiger partial charge in [0, 0.05) is 34.4 Å². The summed E-state index contributed by atoms with van der Waals surface area (Å²) in [6.45, 7) is 2.41. The molecule has 1 aromatic heterocycles. The molecule has 0 bridgehead atoms. The second-order valence-electron chi connectivity index (χ2n) is 7.67. The fourth-order valence-electron chi connectivity index (χ4n) is 3.70. The normalized spacial score (nSPS) is 15.8. The molecule has 7 nitrogen and oxygen atoms in total. The van der Waals surface area contributed by atoms with E-state index in [4.69, 9.17) is 0 Å². The third-order valence-electron chi connectivity index (χ3n) is 5.41. The van der Waals surface area contributed by atoms with E-state index in [0.29, 0.717) is 22.7 Å². The first kappa shape index (κ1) is 21.8. The van der Waals surface area contributed by atoms with Crippen LogP contribution in [0.4, 0.5) is 19.0 Å². The summed E-state index contributed by atoms with van der Waals surface area (Å²) in [6, 6.07) is 12.4. The van der Waals surface area contributed by atoms with Gasteiger partial charge in [0.05, 0.1) is 11.1 Å². The number of rotatable bonds is 3. The summed E-state index contributed by atoms with van der Waals surface area (Å²) >= 11 is 0. The Kier molecular flexibility index (Phi) is 5.64. The maximum Gasteiger partial charge on any atom is 0.423 e. The number of aliphatic hydroxyl groups is 1. The van der Waals surface area contributed by atoms with Crippen LogP contribution in [0.1, 0.15) is 8.42 Å². The average Bonchev–Trinajstić information content (AvgIpc) is 2.77. The molecular formula is C22H25F3N4O3. The van der Waals surface area contributed by atoms with Crippen LogP contribution < -0.4 is 4.90 Å². The lowest BCUT2D eigenvalue weighted by molar-refractivity contribution is -0.210. The minimum Gasteiger partial charge on any atom is -0.507 e. The number of hydrogen-bond donors (Lipinski definition) is 2. The second-order valence-corrected chi connectivity index (χ2v) is 7.67. The number of nitrogens with zero attached hydrogens (tertiary/aromatic N) is 4. The van der Waals surface area contributed by atoms with Crippen molar-refractivity contribution in [3.8, 4) is 17.1 Å². The van der Waals surface area contributed by atoms with Gasteiger partial charge in [-0.05, 0) is 36.8 Å². The molecule has 4 rings (SSSR count). The third-order valence-corrected chi connectivity index (χ3v) is 5.41. The van der Waals surface area contributed by atoms with E-state index in [2.05, 4.69) is 9.97 Å². The molecule has 1 amide bonds. The lowest BCUT2D eigenvalue weighted by Crippen LogP contribution is -2.54. The van der Waals surface area contributed by atoms with Gasteiger partial charge in [-0.3, -0.25) is 4.79 Å². The Labute approximate surface area is 184 Å². The van der Waals surface area contributed by atoms with Crippen LogP contribution in [0.3, 0.4) is 0 Å². The van der Waals surface area contributed by atoms with E-state index in [-0.39, 0.29) is 34.8 Å². The number of halogens is 3. The fraction of sp³-hybridized carbons (Fsp3) is 0.318. The number of benzene rings is 2. The molecule has 2 N–H and O–H groups in total. The van der Waals surface area contributed by atoms with Crippen molar-refractivity contribution in [2.45, 2.75) is 19.2 Å². The minimum atomic E-state index is -5.00. The maximum atomic E-state index is 12.7. The number of aryl methyl sites for hydroxylation is 1. The smallest absolute Gasteiger partial charge is 0.423 e. The van der Waals surface area contributed by atoms with Gasteiger partial charge in [-0.25, -0.2) is 9.97 Å². The number of phenols is 1. The molecule has 0 unspecified atom stereocenters.